The highest BCUT2D eigenvalue weighted by Crippen LogP contribution is 2.26. The molecule has 2 rings (SSSR count). The van der Waals surface area contributed by atoms with Gasteiger partial charge in [-0.05, 0) is 57.7 Å². The van der Waals surface area contributed by atoms with Crippen LogP contribution < -0.4 is 15.8 Å². The number of nitrogens with two attached hydrogens (primary N) is 1. The smallest absolute Gasteiger partial charge is 0.193 e. The Kier molecular flexibility index (Phi) is 10.5. The van der Waals surface area contributed by atoms with E-state index in [9.17, 15) is 0 Å². The van der Waals surface area contributed by atoms with Gasteiger partial charge in [0.1, 0.15) is 5.75 Å². The van der Waals surface area contributed by atoms with E-state index >= 15 is 0 Å². The fraction of sp³-hybridized carbons (Fsp3) is 0.588. The van der Waals surface area contributed by atoms with Crippen molar-refractivity contribution in [3.8, 4) is 5.75 Å². The Bertz CT molecular complexity index is 558. The number of nitrogens with zero attached hydrogens (tertiary/aromatic N) is 3. The molecule has 8 heteroatoms. The van der Waals surface area contributed by atoms with Crippen molar-refractivity contribution in [2.24, 2.45) is 10.7 Å². The number of ether oxygens (including phenoxy) is 1. The number of methoxy groups -OCH3 is 1. The average Bonchev–Trinajstić information content (AvgIpc) is 2.76. The summed E-state index contributed by atoms with van der Waals surface area (Å²) in [4.78, 5) is 9.28. The molecule has 1 fully saturated rings. The zero-order chi connectivity index (χ0) is 17.4. The zero-order valence-corrected chi connectivity index (χ0v) is 18.1. The molecule has 1 heterocycles. The third kappa shape index (κ3) is 7.98. The first kappa shape index (κ1) is 22.3. The number of likely N-dealkylation sites (N-methyl/N-ethyl adjacent to an activating group) is 1. The molecule has 142 valence electrons. The van der Waals surface area contributed by atoms with E-state index in [2.05, 4.69) is 27.2 Å². The zero-order valence-electron chi connectivity index (χ0n) is 15.0. The monoisotopic (exact) mass is 481 g/mol. The van der Waals surface area contributed by atoms with E-state index in [1.54, 1.807) is 19.2 Å². The van der Waals surface area contributed by atoms with Crippen LogP contribution >= 0.6 is 35.6 Å². The van der Waals surface area contributed by atoms with Crippen LogP contribution in [0.3, 0.4) is 0 Å². The number of anilines is 1. The minimum absolute atomic E-state index is 0. The maximum Gasteiger partial charge on any atom is 0.193 e. The summed E-state index contributed by atoms with van der Waals surface area (Å²) in [7, 11) is 3.78. The van der Waals surface area contributed by atoms with Gasteiger partial charge in [-0.25, -0.2) is 0 Å². The lowest BCUT2D eigenvalue weighted by Gasteiger charge is -2.19. The van der Waals surface area contributed by atoms with E-state index in [1.165, 1.54) is 19.5 Å². The van der Waals surface area contributed by atoms with Crippen LogP contribution in [0.4, 0.5) is 5.69 Å². The molecule has 0 unspecified atom stereocenters. The van der Waals surface area contributed by atoms with Gasteiger partial charge < -0.3 is 25.6 Å². The van der Waals surface area contributed by atoms with Crippen LogP contribution in [0.2, 0.25) is 5.02 Å². The molecule has 25 heavy (non-hydrogen) atoms. The molecule has 0 saturated carbocycles. The third-order valence-electron chi connectivity index (χ3n) is 4.15. The maximum absolute atomic E-state index is 6.09. The van der Waals surface area contributed by atoms with E-state index in [0.717, 1.165) is 38.3 Å². The van der Waals surface area contributed by atoms with Crippen LogP contribution in [0.1, 0.15) is 12.8 Å². The molecule has 0 aliphatic carbocycles. The predicted octanol–water partition coefficient (Wildman–Crippen LogP) is 2.72. The molecule has 1 aromatic rings. The highest BCUT2D eigenvalue weighted by molar-refractivity contribution is 14.0. The van der Waals surface area contributed by atoms with Gasteiger partial charge in [0.25, 0.3) is 0 Å². The van der Waals surface area contributed by atoms with Crippen molar-refractivity contribution in [1.29, 1.82) is 0 Å². The number of hydrogen-bond donors (Lipinski definition) is 2. The predicted molar refractivity (Wildman–Crippen MR) is 117 cm³/mol. The van der Waals surface area contributed by atoms with Crippen molar-refractivity contribution in [2.75, 3.05) is 58.7 Å². The first-order valence-corrected chi connectivity index (χ1v) is 8.77. The summed E-state index contributed by atoms with van der Waals surface area (Å²) in [6.45, 7) is 6.43. The first-order valence-electron chi connectivity index (χ1n) is 8.40. The van der Waals surface area contributed by atoms with Crippen LogP contribution in [-0.2, 0) is 0 Å². The van der Waals surface area contributed by atoms with Crippen LogP contribution in [0, 0.1) is 0 Å². The Morgan fingerprint density at radius 2 is 2.12 bits per heavy atom. The van der Waals surface area contributed by atoms with E-state index in [-0.39, 0.29) is 24.0 Å². The molecule has 3 N–H and O–H groups in total. The van der Waals surface area contributed by atoms with Gasteiger partial charge in [-0.3, -0.25) is 4.99 Å². The van der Waals surface area contributed by atoms with Crippen molar-refractivity contribution in [3.63, 3.8) is 0 Å². The van der Waals surface area contributed by atoms with Crippen LogP contribution in [0.15, 0.2) is 23.2 Å². The molecule has 0 bridgehead atoms. The summed E-state index contributed by atoms with van der Waals surface area (Å²) >= 11 is 6.09. The second kappa shape index (κ2) is 11.8. The molecule has 1 aliphatic rings. The lowest BCUT2D eigenvalue weighted by Crippen LogP contribution is -2.30. The largest absolute Gasteiger partial charge is 0.495 e. The molecule has 0 aromatic heterocycles. The summed E-state index contributed by atoms with van der Waals surface area (Å²) in [6, 6.07) is 5.44. The third-order valence-corrected chi connectivity index (χ3v) is 4.45. The van der Waals surface area contributed by atoms with Gasteiger partial charge in [0.05, 0.1) is 12.1 Å². The van der Waals surface area contributed by atoms with Gasteiger partial charge in [-0.2, -0.15) is 0 Å². The molecule has 0 amide bonds. The highest BCUT2D eigenvalue weighted by atomic mass is 127. The number of benzene rings is 1. The number of halogens is 2. The molecular weight excluding hydrogens is 453 g/mol. The fourth-order valence-corrected chi connectivity index (χ4v) is 3.01. The minimum Gasteiger partial charge on any atom is -0.495 e. The molecular formula is C17H29ClIN5O. The summed E-state index contributed by atoms with van der Waals surface area (Å²) < 4.78 is 5.13. The number of nitrogens with one attached hydrogen (secondary N) is 1. The Labute approximate surface area is 172 Å². The normalized spacial score (nSPS) is 16.8. The van der Waals surface area contributed by atoms with E-state index in [1.807, 2.05) is 6.07 Å². The minimum atomic E-state index is 0. The Hall–Kier alpha value is -0.770. The number of guanidine groups is 1. The second-order valence-corrected chi connectivity index (χ2v) is 6.50. The van der Waals surface area contributed by atoms with Gasteiger partial charge in [0.2, 0.25) is 0 Å². The summed E-state index contributed by atoms with van der Waals surface area (Å²) in [6.07, 6.45) is 2.25. The fourth-order valence-electron chi connectivity index (χ4n) is 2.75. The molecule has 1 saturated heterocycles. The lowest BCUT2D eigenvalue weighted by atomic mass is 10.3. The van der Waals surface area contributed by atoms with Crippen molar-refractivity contribution >= 4 is 47.2 Å². The summed E-state index contributed by atoms with van der Waals surface area (Å²) in [5.41, 5.74) is 6.74. The van der Waals surface area contributed by atoms with Crippen molar-refractivity contribution in [3.05, 3.63) is 23.2 Å². The van der Waals surface area contributed by atoms with Gasteiger partial charge in [-0.1, -0.05) is 11.6 Å². The number of rotatable bonds is 6. The van der Waals surface area contributed by atoms with Crippen LogP contribution in [-0.4, -0.2) is 69.2 Å². The molecule has 0 radical (unpaired) electrons. The summed E-state index contributed by atoms with van der Waals surface area (Å²) in [5.74, 6) is 1.05. The van der Waals surface area contributed by atoms with Crippen LogP contribution in [0.5, 0.6) is 5.75 Å². The topological polar surface area (TPSA) is 66.1 Å². The van der Waals surface area contributed by atoms with E-state index in [0.29, 0.717) is 16.7 Å². The Morgan fingerprint density at radius 1 is 1.32 bits per heavy atom. The van der Waals surface area contributed by atoms with Crippen molar-refractivity contribution < 1.29 is 4.74 Å². The van der Waals surface area contributed by atoms with E-state index in [4.69, 9.17) is 22.1 Å². The Morgan fingerprint density at radius 3 is 2.84 bits per heavy atom. The number of hydrogen-bond acceptors (Lipinski definition) is 4. The quantitative estimate of drug-likeness (QED) is 0.283. The molecule has 0 spiro atoms. The first-order chi connectivity index (χ1) is 11.6. The van der Waals surface area contributed by atoms with Crippen molar-refractivity contribution in [2.45, 2.75) is 12.8 Å². The molecule has 1 aromatic carbocycles. The van der Waals surface area contributed by atoms with Crippen molar-refractivity contribution in [1.82, 2.24) is 9.80 Å². The lowest BCUT2D eigenvalue weighted by molar-refractivity contribution is 0.275. The average molecular weight is 482 g/mol. The summed E-state index contributed by atoms with van der Waals surface area (Å²) in [5, 5.41) is 3.60. The molecule has 1 aliphatic heterocycles. The molecule has 0 atom stereocenters. The van der Waals surface area contributed by atoms with Gasteiger partial charge in [0.15, 0.2) is 5.96 Å². The SMILES string of the molecule is COc1ccc(NC(N)=NCCCN2CCCN(C)CC2)cc1Cl.I. The van der Waals surface area contributed by atoms with Crippen LogP contribution in [0.25, 0.3) is 0 Å². The second-order valence-electron chi connectivity index (χ2n) is 6.09. The number of aliphatic imine (C=N–C) groups is 1. The standard InChI is InChI=1S/C17H28ClN5O.HI/c1-22-8-4-10-23(12-11-22)9-3-7-20-17(19)21-14-5-6-16(24-2)15(18)13-14;/h5-6,13H,3-4,7-12H2,1-2H3,(H3,19,20,21);1H. The highest BCUT2D eigenvalue weighted by Gasteiger charge is 2.11. The van der Waals surface area contributed by atoms with Gasteiger partial charge in [0, 0.05) is 25.3 Å². The van der Waals surface area contributed by atoms with Gasteiger partial charge >= 0.3 is 0 Å². The van der Waals surface area contributed by atoms with E-state index < -0.39 is 0 Å². The Balaban J connectivity index is 0.00000312. The van der Waals surface area contributed by atoms with Gasteiger partial charge in [-0.15, -0.1) is 24.0 Å². The maximum atomic E-state index is 6.09. The molecule has 6 nitrogen and oxygen atoms in total.